The minimum Gasteiger partial charge on any atom is -0.488 e. The lowest BCUT2D eigenvalue weighted by Crippen LogP contribution is -2.40. The van der Waals surface area contributed by atoms with Crippen molar-refractivity contribution in [1.29, 1.82) is 0 Å². The molecule has 0 radical (unpaired) electrons. The third-order valence-electron chi connectivity index (χ3n) is 6.06. The molecule has 5 rings (SSSR count). The summed E-state index contributed by atoms with van der Waals surface area (Å²) in [5.74, 6) is 1.66. The van der Waals surface area contributed by atoms with Crippen molar-refractivity contribution in [3.8, 4) is 17.0 Å². The van der Waals surface area contributed by atoms with Crippen LogP contribution in [0.25, 0.3) is 11.3 Å². The molecule has 2 aromatic carbocycles. The standard InChI is InChI=1S/C24H25N3O2/c28-23(26-12-10-19(11-13-26)14-18-6-2-1-3-7-18)16-27-24-20(15-25-27)17-29-22-9-5-4-8-21(22)24/h1-9,15,19H,10-14,16-17H2. The average molecular weight is 387 g/mol. The highest BCUT2D eigenvalue weighted by Crippen LogP contribution is 2.37. The zero-order valence-electron chi connectivity index (χ0n) is 16.5. The summed E-state index contributed by atoms with van der Waals surface area (Å²) in [5, 5.41) is 4.49. The molecule has 0 saturated carbocycles. The molecular formula is C24H25N3O2. The largest absolute Gasteiger partial charge is 0.488 e. The monoisotopic (exact) mass is 387 g/mol. The van der Waals surface area contributed by atoms with Crippen molar-refractivity contribution >= 4 is 5.91 Å². The molecule has 29 heavy (non-hydrogen) atoms. The van der Waals surface area contributed by atoms with E-state index in [0.717, 1.165) is 54.9 Å². The smallest absolute Gasteiger partial charge is 0.244 e. The summed E-state index contributed by atoms with van der Waals surface area (Å²) in [4.78, 5) is 15.0. The second kappa shape index (κ2) is 7.74. The fourth-order valence-corrected chi connectivity index (χ4v) is 4.47. The number of rotatable bonds is 4. The summed E-state index contributed by atoms with van der Waals surface area (Å²) in [7, 11) is 0. The summed E-state index contributed by atoms with van der Waals surface area (Å²) in [6.07, 6.45) is 5.06. The Labute approximate surface area is 170 Å². The molecule has 1 fully saturated rings. The van der Waals surface area contributed by atoms with E-state index >= 15 is 0 Å². The number of ether oxygens (including phenoxy) is 1. The molecule has 5 heteroatoms. The Morgan fingerprint density at radius 3 is 2.62 bits per heavy atom. The maximum Gasteiger partial charge on any atom is 0.244 e. The maximum absolute atomic E-state index is 13.0. The maximum atomic E-state index is 13.0. The molecule has 0 spiro atoms. The van der Waals surface area contributed by atoms with Crippen LogP contribution in [0, 0.1) is 5.92 Å². The summed E-state index contributed by atoms with van der Waals surface area (Å²) in [6, 6.07) is 18.6. The van der Waals surface area contributed by atoms with Gasteiger partial charge in [-0.25, -0.2) is 0 Å². The van der Waals surface area contributed by atoms with Crippen LogP contribution in [0.5, 0.6) is 5.75 Å². The van der Waals surface area contributed by atoms with Crippen molar-refractivity contribution in [2.24, 2.45) is 5.92 Å². The van der Waals surface area contributed by atoms with E-state index in [1.165, 1.54) is 5.56 Å². The highest BCUT2D eigenvalue weighted by Gasteiger charge is 2.26. The van der Waals surface area contributed by atoms with Gasteiger partial charge in [0.05, 0.1) is 11.9 Å². The van der Waals surface area contributed by atoms with E-state index in [2.05, 4.69) is 35.4 Å². The number of amides is 1. The molecule has 0 aliphatic carbocycles. The molecule has 3 aromatic rings. The second-order valence-corrected chi connectivity index (χ2v) is 7.97. The molecule has 1 saturated heterocycles. The quantitative estimate of drug-likeness (QED) is 0.682. The van der Waals surface area contributed by atoms with Crippen molar-refractivity contribution in [3.63, 3.8) is 0 Å². The number of para-hydroxylation sites is 1. The van der Waals surface area contributed by atoms with Crippen LogP contribution in [0.1, 0.15) is 24.0 Å². The van der Waals surface area contributed by atoms with Gasteiger partial charge in [-0.2, -0.15) is 5.10 Å². The predicted octanol–water partition coefficient (Wildman–Crippen LogP) is 3.92. The van der Waals surface area contributed by atoms with E-state index in [1.54, 1.807) is 0 Å². The zero-order valence-corrected chi connectivity index (χ0v) is 16.5. The van der Waals surface area contributed by atoms with Crippen LogP contribution in [0.3, 0.4) is 0 Å². The number of hydrogen-bond acceptors (Lipinski definition) is 3. The summed E-state index contributed by atoms with van der Waals surface area (Å²) >= 11 is 0. The minimum absolute atomic E-state index is 0.151. The number of nitrogens with zero attached hydrogens (tertiary/aromatic N) is 3. The first-order valence-electron chi connectivity index (χ1n) is 10.4. The number of fused-ring (bicyclic) bond motifs is 3. The molecule has 148 valence electrons. The fourth-order valence-electron chi connectivity index (χ4n) is 4.47. The SMILES string of the molecule is O=C(Cn1ncc2c1-c1ccccc1OC2)N1CCC(Cc2ccccc2)CC1. The van der Waals surface area contributed by atoms with Gasteiger partial charge in [-0.05, 0) is 42.9 Å². The summed E-state index contributed by atoms with van der Waals surface area (Å²) < 4.78 is 7.64. The van der Waals surface area contributed by atoms with Gasteiger partial charge in [-0.3, -0.25) is 9.48 Å². The van der Waals surface area contributed by atoms with Crippen LogP contribution >= 0.6 is 0 Å². The average Bonchev–Trinajstić information content (AvgIpc) is 3.18. The topological polar surface area (TPSA) is 47.4 Å². The lowest BCUT2D eigenvalue weighted by Gasteiger charge is -2.32. The highest BCUT2D eigenvalue weighted by molar-refractivity contribution is 5.78. The van der Waals surface area contributed by atoms with E-state index in [0.29, 0.717) is 12.5 Å². The lowest BCUT2D eigenvalue weighted by molar-refractivity contribution is -0.133. The van der Waals surface area contributed by atoms with Gasteiger partial charge in [0, 0.05) is 24.2 Å². The van der Waals surface area contributed by atoms with Gasteiger partial charge in [0.1, 0.15) is 18.9 Å². The summed E-state index contributed by atoms with van der Waals surface area (Å²) in [5.41, 5.74) is 4.46. The first-order valence-corrected chi connectivity index (χ1v) is 10.4. The van der Waals surface area contributed by atoms with Crippen LogP contribution in [0.15, 0.2) is 60.8 Å². The number of benzene rings is 2. The van der Waals surface area contributed by atoms with Crippen LogP contribution in [-0.2, 0) is 24.4 Å². The molecule has 0 unspecified atom stereocenters. The second-order valence-electron chi connectivity index (χ2n) is 7.97. The van der Waals surface area contributed by atoms with Crippen LogP contribution in [0.2, 0.25) is 0 Å². The van der Waals surface area contributed by atoms with Gasteiger partial charge in [0.2, 0.25) is 5.91 Å². The van der Waals surface area contributed by atoms with Gasteiger partial charge in [0.25, 0.3) is 0 Å². The Balaban J connectivity index is 1.23. The predicted molar refractivity (Wildman–Crippen MR) is 111 cm³/mol. The van der Waals surface area contributed by atoms with Crippen LogP contribution in [-0.4, -0.2) is 33.7 Å². The molecule has 1 aromatic heterocycles. The minimum atomic E-state index is 0.151. The first kappa shape index (κ1) is 18.0. The lowest BCUT2D eigenvalue weighted by atomic mass is 9.90. The van der Waals surface area contributed by atoms with E-state index < -0.39 is 0 Å². The fraction of sp³-hybridized carbons (Fsp3) is 0.333. The number of aromatic nitrogens is 2. The molecule has 2 aliphatic heterocycles. The van der Waals surface area contributed by atoms with Gasteiger partial charge >= 0.3 is 0 Å². The molecule has 2 aliphatic rings. The molecule has 0 atom stereocenters. The molecular weight excluding hydrogens is 362 g/mol. The number of carbonyl (C=O) groups is 1. The highest BCUT2D eigenvalue weighted by atomic mass is 16.5. The summed E-state index contributed by atoms with van der Waals surface area (Å²) in [6.45, 7) is 2.46. The zero-order chi connectivity index (χ0) is 19.6. The van der Waals surface area contributed by atoms with Gasteiger partial charge < -0.3 is 9.64 Å². The van der Waals surface area contributed by atoms with Crippen LogP contribution in [0.4, 0.5) is 0 Å². The number of hydrogen-bond donors (Lipinski definition) is 0. The van der Waals surface area contributed by atoms with Gasteiger partial charge in [0.15, 0.2) is 0 Å². The van der Waals surface area contributed by atoms with E-state index in [-0.39, 0.29) is 12.5 Å². The third kappa shape index (κ3) is 3.65. The Bertz CT molecular complexity index is 1000. The normalized spacial score (nSPS) is 16.1. The van der Waals surface area contributed by atoms with Crippen molar-refractivity contribution in [1.82, 2.24) is 14.7 Å². The first-order chi connectivity index (χ1) is 14.3. The Morgan fingerprint density at radius 1 is 1.03 bits per heavy atom. The van der Waals surface area contributed by atoms with E-state index in [9.17, 15) is 4.79 Å². The Hall–Kier alpha value is -3.08. The van der Waals surface area contributed by atoms with E-state index in [4.69, 9.17) is 4.74 Å². The molecule has 5 nitrogen and oxygen atoms in total. The number of piperidine rings is 1. The Morgan fingerprint density at radius 2 is 1.79 bits per heavy atom. The molecule has 0 bridgehead atoms. The van der Waals surface area contributed by atoms with E-state index in [1.807, 2.05) is 40.0 Å². The molecule has 0 N–H and O–H groups in total. The number of likely N-dealkylation sites (tertiary alicyclic amines) is 1. The molecule has 1 amide bonds. The van der Waals surface area contributed by atoms with Gasteiger partial charge in [-0.1, -0.05) is 42.5 Å². The molecule has 3 heterocycles. The van der Waals surface area contributed by atoms with Crippen molar-refractivity contribution in [2.45, 2.75) is 32.4 Å². The van der Waals surface area contributed by atoms with Crippen molar-refractivity contribution < 1.29 is 9.53 Å². The van der Waals surface area contributed by atoms with Gasteiger partial charge in [-0.15, -0.1) is 0 Å². The Kier molecular flexibility index (Phi) is 4.80. The number of carbonyl (C=O) groups excluding carboxylic acids is 1. The van der Waals surface area contributed by atoms with Crippen molar-refractivity contribution in [2.75, 3.05) is 13.1 Å². The third-order valence-corrected chi connectivity index (χ3v) is 6.06. The van der Waals surface area contributed by atoms with Crippen LogP contribution < -0.4 is 4.74 Å². The van der Waals surface area contributed by atoms with Crippen molar-refractivity contribution in [3.05, 3.63) is 71.9 Å².